The van der Waals surface area contributed by atoms with E-state index in [4.69, 9.17) is 0 Å². The Morgan fingerprint density at radius 3 is 2.67 bits per heavy atom. The second kappa shape index (κ2) is 7.44. The summed E-state index contributed by atoms with van der Waals surface area (Å²) in [7, 11) is 0. The quantitative estimate of drug-likeness (QED) is 0.744. The molecule has 0 heterocycles. The zero-order chi connectivity index (χ0) is 13.4. The van der Waals surface area contributed by atoms with E-state index < -0.39 is 5.60 Å². The van der Waals surface area contributed by atoms with Crippen LogP contribution < -0.4 is 5.32 Å². The van der Waals surface area contributed by atoms with Gasteiger partial charge in [0.05, 0.1) is 6.54 Å². The second-order valence-corrected chi connectivity index (χ2v) is 5.50. The molecule has 0 saturated heterocycles. The van der Waals surface area contributed by atoms with Crippen molar-refractivity contribution in [3.8, 4) is 0 Å². The molecule has 1 amide bonds. The largest absolute Gasteiger partial charge is 0.384 e. The van der Waals surface area contributed by atoms with E-state index in [1.54, 1.807) is 18.7 Å². The molecule has 1 aromatic carbocycles. The molecule has 3 nitrogen and oxygen atoms in total. The summed E-state index contributed by atoms with van der Waals surface area (Å²) in [5, 5.41) is 13.1. The number of thioether (sulfide) groups is 1. The topological polar surface area (TPSA) is 49.3 Å². The van der Waals surface area contributed by atoms with Gasteiger partial charge in [-0.15, -0.1) is 0 Å². The lowest BCUT2D eigenvalue weighted by Crippen LogP contribution is -2.38. The Morgan fingerprint density at radius 1 is 1.39 bits per heavy atom. The Morgan fingerprint density at radius 2 is 2.06 bits per heavy atom. The minimum atomic E-state index is -1.02. The van der Waals surface area contributed by atoms with E-state index in [1.165, 1.54) is 0 Å². The van der Waals surface area contributed by atoms with Crippen molar-refractivity contribution >= 4 is 17.7 Å². The number of rotatable bonds is 7. The van der Waals surface area contributed by atoms with Crippen LogP contribution in [0, 0.1) is 0 Å². The number of carbonyl (C=O) groups excluding carboxylic acids is 1. The first kappa shape index (κ1) is 15.1. The first-order chi connectivity index (χ1) is 8.56. The van der Waals surface area contributed by atoms with Gasteiger partial charge in [0.25, 0.3) is 0 Å². The number of carbonyl (C=O) groups is 1. The summed E-state index contributed by atoms with van der Waals surface area (Å²) < 4.78 is 0. The molecule has 1 atom stereocenters. The smallest absolute Gasteiger partial charge is 0.220 e. The summed E-state index contributed by atoms with van der Waals surface area (Å²) in [6.07, 6.45) is 3.42. The third-order valence-electron chi connectivity index (χ3n) is 2.78. The Kier molecular flexibility index (Phi) is 6.22. The summed E-state index contributed by atoms with van der Waals surface area (Å²) in [5.41, 5.74) is -0.203. The molecule has 0 aliphatic heterocycles. The van der Waals surface area contributed by atoms with E-state index in [2.05, 4.69) is 5.32 Å². The molecule has 0 aromatic heterocycles. The minimum Gasteiger partial charge on any atom is -0.384 e. The zero-order valence-electron chi connectivity index (χ0n) is 11.0. The van der Waals surface area contributed by atoms with Crippen molar-refractivity contribution < 1.29 is 9.90 Å². The van der Waals surface area contributed by atoms with Gasteiger partial charge >= 0.3 is 0 Å². The molecule has 1 rings (SSSR count). The maximum Gasteiger partial charge on any atom is 0.220 e. The number of benzene rings is 1. The van der Waals surface area contributed by atoms with Crippen LogP contribution in [0.3, 0.4) is 0 Å². The molecule has 18 heavy (non-hydrogen) atoms. The van der Waals surface area contributed by atoms with Gasteiger partial charge in [-0.2, -0.15) is 11.8 Å². The van der Waals surface area contributed by atoms with Crippen LogP contribution in [0.25, 0.3) is 0 Å². The lowest BCUT2D eigenvalue weighted by Gasteiger charge is -2.24. The lowest BCUT2D eigenvalue weighted by atomic mass is 9.96. The van der Waals surface area contributed by atoms with Crippen molar-refractivity contribution in [2.45, 2.75) is 25.4 Å². The first-order valence-electron chi connectivity index (χ1n) is 6.10. The van der Waals surface area contributed by atoms with Crippen LogP contribution in [0.4, 0.5) is 0 Å². The average molecular weight is 267 g/mol. The molecule has 0 aliphatic rings. The van der Waals surface area contributed by atoms with Crippen molar-refractivity contribution in [3.63, 3.8) is 0 Å². The average Bonchev–Trinajstić information content (AvgIpc) is 2.38. The maximum atomic E-state index is 11.6. The van der Waals surface area contributed by atoms with Crippen LogP contribution in [0.15, 0.2) is 30.3 Å². The fourth-order valence-electron chi connectivity index (χ4n) is 1.64. The molecule has 0 bridgehead atoms. The van der Waals surface area contributed by atoms with Crippen molar-refractivity contribution in [3.05, 3.63) is 35.9 Å². The number of aliphatic hydroxyl groups is 1. The number of hydrogen-bond acceptors (Lipinski definition) is 3. The molecule has 1 unspecified atom stereocenters. The van der Waals surface area contributed by atoms with Crippen molar-refractivity contribution in [2.75, 3.05) is 18.6 Å². The normalized spacial score (nSPS) is 13.9. The molecule has 0 radical (unpaired) electrons. The van der Waals surface area contributed by atoms with Gasteiger partial charge in [-0.25, -0.2) is 0 Å². The van der Waals surface area contributed by atoms with Gasteiger partial charge in [0.2, 0.25) is 5.91 Å². The van der Waals surface area contributed by atoms with E-state index in [0.29, 0.717) is 6.42 Å². The zero-order valence-corrected chi connectivity index (χ0v) is 11.8. The summed E-state index contributed by atoms with van der Waals surface area (Å²) in [4.78, 5) is 11.6. The monoisotopic (exact) mass is 267 g/mol. The van der Waals surface area contributed by atoms with E-state index in [-0.39, 0.29) is 12.5 Å². The third-order valence-corrected chi connectivity index (χ3v) is 3.47. The van der Waals surface area contributed by atoms with Crippen LogP contribution in [-0.2, 0) is 10.4 Å². The molecule has 0 fully saturated rings. The van der Waals surface area contributed by atoms with Gasteiger partial charge < -0.3 is 10.4 Å². The Labute approximate surface area is 113 Å². The highest BCUT2D eigenvalue weighted by molar-refractivity contribution is 7.98. The summed E-state index contributed by atoms with van der Waals surface area (Å²) in [6.45, 7) is 1.96. The Hall–Kier alpha value is -1.00. The molecule has 0 spiro atoms. The number of nitrogens with one attached hydrogen (secondary N) is 1. The van der Waals surface area contributed by atoms with Gasteiger partial charge in [-0.3, -0.25) is 4.79 Å². The maximum absolute atomic E-state index is 11.6. The molecule has 0 aliphatic carbocycles. The lowest BCUT2D eigenvalue weighted by molar-refractivity contribution is -0.122. The van der Waals surface area contributed by atoms with E-state index in [0.717, 1.165) is 17.7 Å². The molecule has 1 aromatic rings. The molecule has 4 heteroatoms. The van der Waals surface area contributed by atoms with Gasteiger partial charge in [-0.05, 0) is 30.9 Å². The predicted molar refractivity (Wildman–Crippen MR) is 76.6 cm³/mol. The summed E-state index contributed by atoms with van der Waals surface area (Å²) in [6, 6.07) is 9.38. The number of hydrogen-bond donors (Lipinski definition) is 2. The van der Waals surface area contributed by atoms with Gasteiger partial charge in [0.15, 0.2) is 0 Å². The van der Waals surface area contributed by atoms with E-state index in [9.17, 15) is 9.90 Å². The van der Waals surface area contributed by atoms with Gasteiger partial charge in [0.1, 0.15) is 5.60 Å². The fraction of sp³-hybridized carbons (Fsp3) is 0.500. The standard InChI is InChI=1S/C14H21NO2S/c1-14(17,12-7-4-3-5-8-12)11-15-13(16)9-6-10-18-2/h3-5,7-8,17H,6,9-11H2,1-2H3,(H,15,16). The van der Waals surface area contributed by atoms with Gasteiger partial charge in [-0.1, -0.05) is 30.3 Å². The van der Waals surface area contributed by atoms with Crippen LogP contribution in [0.1, 0.15) is 25.3 Å². The Bertz CT molecular complexity index is 365. The SMILES string of the molecule is CSCCCC(=O)NCC(C)(O)c1ccccc1. The van der Waals surface area contributed by atoms with E-state index in [1.807, 2.05) is 36.6 Å². The van der Waals surface area contributed by atoms with Crippen LogP contribution in [-0.4, -0.2) is 29.6 Å². The summed E-state index contributed by atoms with van der Waals surface area (Å²) >= 11 is 1.73. The first-order valence-corrected chi connectivity index (χ1v) is 7.49. The van der Waals surface area contributed by atoms with Crippen LogP contribution in [0.2, 0.25) is 0 Å². The fourth-order valence-corrected chi connectivity index (χ4v) is 2.07. The molecule has 2 N–H and O–H groups in total. The number of amides is 1. The molecule has 100 valence electrons. The van der Waals surface area contributed by atoms with Crippen LogP contribution >= 0.6 is 11.8 Å². The third kappa shape index (κ3) is 5.10. The van der Waals surface area contributed by atoms with E-state index >= 15 is 0 Å². The van der Waals surface area contributed by atoms with Crippen molar-refractivity contribution in [1.82, 2.24) is 5.32 Å². The van der Waals surface area contributed by atoms with Gasteiger partial charge in [0, 0.05) is 6.42 Å². The van der Waals surface area contributed by atoms with Crippen molar-refractivity contribution in [1.29, 1.82) is 0 Å². The molecule has 0 saturated carbocycles. The minimum absolute atomic E-state index is 0.000237. The highest BCUT2D eigenvalue weighted by Gasteiger charge is 2.23. The highest BCUT2D eigenvalue weighted by atomic mass is 32.2. The highest BCUT2D eigenvalue weighted by Crippen LogP contribution is 2.18. The Balaban J connectivity index is 2.40. The predicted octanol–water partition coefficient (Wildman–Crippen LogP) is 2.15. The summed E-state index contributed by atoms with van der Waals surface area (Å²) in [5.74, 6) is 0.989. The van der Waals surface area contributed by atoms with Crippen LogP contribution in [0.5, 0.6) is 0 Å². The van der Waals surface area contributed by atoms with Crippen molar-refractivity contribution in [2.24, 2.45) is 0 Å². The molecular weight excluding hydrogens is 246 g/mol. The second-order valence-electron chi connectivity index (χ2n) is 4.51. The molecular formula is C14H21NO2S.